The number of hydrogen-bond donors (Lipinski definition) is 1. The summed E-state index contributed by atoms with van der Waals surface area (Å²) in [4.78, 5) is 14.1. The highest BCUT2D eigenvalue weighted by Crippen LogP contribution is 2.26. The second-order valence-electron chi connectivity index (χ2n) is 7.91. The zero-order chi connectivity index (χ0) is 19.9. The number of halogens is 1. The summed E-state index contributed by atoms with van der Waals surface area (Å²) in [6.45, 7) is 13.5. The van der Waals surface area contributed by atoms with Crippen LogP contribution >= 0.6 is 35.3 Å². The Hall–Kier alpha value is -0.460. The minimum atomic E-state index is 0. The Labute approximate surface area is 201 Å². The molecule has 0 amide bonds. The van der Waals surface area contributed by atoms with Crippen molar-refractivity contribution in [2.24, 2.45) is 4.99 Å². The Morgan fingerprint density at radius 1 is 1.17 bits per heavy atom. The van der Waals surface area contributed by atoms with Crippen LogP contribution in [0.5, 0.6) is 0 Å². The molecule has 4 rings (SSSR count). The molecule has 1 N–H and O–H groups in total. The van der Waals surface area contributed by atoms with Gasteiger partial charge in [-0.1, -0.05) is 6.07 Å². The van der Waals surface area contributed by atoms with Crippen LogP contribution < -0.4 is 5.32 Å². The van der Waals surface area contributed by atoms with Gasteiger partial charge in [-0.25, -0.2) is 0 Å². The highest BCUT2D eigenvalue weighted by atomic mass is 127. The number of ether oxygens (including phenoxy) is 2. The van der Waals surface area contributed by atoms with Crippen molar-refractivity contribution in [1.29, 1.82) is 0 Å². The van der Waals surface area contributed by atoms with E-state index in [4.69, 9.17) is 14.5 Å². The second kappa shape index (κ2) is 12.5. The van der Waals surface area contributed by atoms with Crippen molar-refractivity contribution in [3.8, 4) is 0 Å². The van der Waals surface area contributed by atoms with E-state index >= 15 is 0 Å². The Kier molecular flexibility index (Phi) is 10.1. The Morgan fingerprint density at radius 2 is 1.90 bits per heavy atom. The van der Waals surface area contributed by atoms with Gasteiger partial charge < -0.3 is 19.7 Å². The maximum atomic E-state index is 5.57. The summed E-state index contributed by atoms with van der Waals surface area (Å²) in [6.07, 6.45) is 1.21. The third kappa shape index (κ3) is 6.29. The first-order valence-electron chi connectivity index (χ1n) is 11.1. The molecule has 2 atom stereocenters. The molecule has 9 heteroatoms. The standard InChI is InChI=1S/C21H35N5O2S.HI/c1-2-22-21(26-6-5-18(17-26)24-7-11-27-12-8-24)23-16-19(20-4-3-15-29-20)25-9-13-28-14-10-25;/h3-4,15,18-19H,2,5-14,16-17H2,1H3,(H,22,23);1H. The first-order chi connectivity index (χ1) is 14.3. The van der Waals surface area contributed by atoms with Crippen LogP contribution in [0, 0.1) is 0 Å². The van der Waals surface area contributed by atoms with Crippen molar-refractivity contribution in [3.05, 3.63) is 22.4 Å². The van der Waals surface area contributed by atoms with Crippen molar-refractivity contribution in [1.82, 2.24) is 20.0 Å². The lowest BCUT2D eigenvalue weighted by molar-refractivity contribution is 0.0185. The molecule has 0 spiro atoms. The molecule has 170 valence electrons. The minimum Gasteiger partial charge on any atom is -0.379 e. The maximum absolute atomic E-state index is 5.57. The molecule has 0 bridgehead atoms. The van der Waals surface area contributed by atoms with E-state index in [-0.39, 0.29) is 24.0 Å². The molecule has 3 fully saturated rings. The summed E-state index contributed by atoms with van der Waals surface area (Å²) in [5.41, 5.74) is 0. The number of aliphatic imine (C=N–C) groups is 1. The van der Waals surface area contributed by atoms with E-state index in [0.29, 0.717) is 12.1 Å². The summed E-state index contributed by atoms with van der Waals surface area (Å²) in [6, 6.07) is 5.35. The van der Waals surface area contributed by atoms with Crippen LogP contribution in [-0.4, -0.2) is 105 Å². The highest BCUT2D eigenvalue weighted by molar-refractivity contribution is 14.0. The number of guanidine groups is 1. The predicted octanol–water partition coefficient (Wildman–Crippen LogP) is 2.11. The average Bonchev–Trinajstić information content (AvgIpc) is 3.47. The van der Waals surface area contributed by atoms with Gasteiger partial charge in [-0.15, -0.1) is 35.3 Å². The Bertz CT molecular complexity index is 635. The fourth-order valence-corrected chi connectivity index (χ4v) is 5.38. The molecule has 4 heterocycles. The smallest absolute Gasteiger partial charge is 0.194 e. The van der Waals surface area contributed by atoms with Gasteiger partial charge in [-0.2, -0.15) is 0 Å². The average molecular weight is 550 g/mol. The van der Waals surface area contributed by atoms with Crippen molar-refractivity contribution in [2.45, 2.75) is 25.4 Å². The van der Waals surface area contributed by atoms with Crippen LogP contribution in [0.1, 0.15) is 24.3 Å². The lowest BCUT2D eigenvalue weighted by atomic mass is 10.2. The van der Waals surface area contributed by atoms with Crippen LogP contribution in [0.3, 0.4) is 0 Å². The molecule has 0 aromatic carbocycles. The molecule has 3 aliphatic rings. The summed E-state index contributed by atoms with van der Waals surface area (Å²) >= 11 is 1.84. The van der Waals surface area contributed by atoms with Crippen molar-refractivity contribution < 1.29 is 9.47 Å². The monoisotopic (exact) mass is 549 g/mol. The van der Waals surface area contributed by atoms with Crippen molar-refractivity contribution in [2.75, 3.05) is 78.8 Å². The summed E-state index contributed by atoms with van der Waals surface area (Å²) < 4.78 is 11.1. The quantitative estimate of drug-likeness (QED) is 0.334. The van der Waals surface area contributed by atoms with E-state index in [2.05, 4.69) is 44.5 Å². The van der Waals surface area contributed by atoms with Crippen molar-refractivity contribution in [3.63, 3.8) is 0 Å². The third-order valence-corrected chi connectivity index (χ3v) is 7.11. The number of morpholine rings is 2. The van der Waals surface area contributed by atoms with Crippen LogP contribution in [0.25, 0.3) is 0 Å². The molecule has 30 heavy (non-hydrogen) atoms. The Morgan fingerprint density at radius 3 is 2.57 bits per heavy atom. The van der Waals surface area contributed by atoms with Crippen molar-refractivity contribution >= 4 is 41.3 Å². The molecule has 7 nitrogen and oxygen atoms in total. The van der Waals surface area contributed by atoms with E-state index in [1.807, 2.05) is 11.3 Å². The fraction of sp³-hybridized carbons (Fsp3) is 0.762. The molecule has 0 saturated carbocycles. The maximum Gasteiger partial charge on any atom is 0.194 e. The molecule has 3 saturated heterocycles. The van der Waals surface area contributed by atoms with Crippen LogP contribution in [-0.2, 0) is 9.47 Å². The highest BCUT2D eigenvalue weighted by Gasteiger charge is 2.31. The summed E-state index contributed by atoms with van der Waals surface area (Å²) in [5.74, 6) is 1.07. The number of thiophene rings is 1. The fourth-order valence-electron chi connectivity index (χ4n) is 4.53. The third-order valence-electron chi connectivity index (χ3n) is 6.13. The first kappa shape index (κ1) is 24.2. The zero-order valence-electron chi connectivity index (χ0n) is 18.0. The lowest BCUT2D eigenvalue weighted by Gasteiger charge is -2.34. The van der Waals surface area contributed by atoms with Gasteiger partial charge in [0, 0.05) is 56.7 Å². The van der Waals surface area contributed by atoms with E-state index in [9.17, 15) is 0 Å². The van der Waals surface area contributed by atoms with Gasteiger partial charge in [0.15, 0.2) is 5.96 Å². The van der Waals surface area contributed by atoms with E-state index in [0.717, 1.165) is 84.7 Å². The minimum absolute atomic E-state index is 0. The largest absolute Gasteiger partial charge is 0.379 e. The van der Waals surface area contributed by atoms with Gasteiger partial charge in [-0.3, -0.25) is 14.8 Å². The van der Waals surface area contributed by atoms with Crippen LogP contribution in [0.15, 0.2) is 22.5 Å². The number of nitrogens with zero attached hydrogens (tertiary/aromatic N) is 4. The van der Waals surface area contributed by atoms with Gasteiger partial charge in [0.05, 0.1) is 39.0 Å². The van der Waals surface area contributed by atoms with Crippen LogP contribution in [0.2, 0.25) is 0 Å². The molecular weight excluding hydrogens is 513 g/mol. The molecule has 1 aromatic rings. The molecule has 0 aliphatic carbocycles. The molecule has 1 aromatic heterocycles. The van der Waals surface area contributed by atoms with Gasteiger partial charge in [-0.05, 0) is 24.8 Å². The number of likely N-dealkylation sites (tertiary alicyclic amines) is 1. The molecule has 0 radical (unpaired) electrons. The lowest BCUT2D eigenvalue weighted by Crippen LogP contribution is -2.47. The van der Waals surface area contributed by atoms with Gasteiger partial charge >= 0.3 is 0 Å². The SMILES string of the molecule is CCNC(=NCC(c1cccs1)N1CCOCC1)N1CCC(N2CCOCC2)C1.I. The number of nitrogens with one attached hydrogen (secondary N) is 1. The first-order valence-corrected chi connectivity index (χ1v) is 11.9. The van der Waals surface area contributed by atoms with Gasteiger partial charge in [0.25, 0.3) is 0 Å². The second-order valence-corrected chi connectivity index (χ2v) is 8.89. The normalized spacial score (nSPS) is 25.2. The molecular formula is C21H36IN5O2S. The van der Waals surface area contributed by atoms with E-state index < -0.39 is 0 Å². The summed E-state index contributed by atoms with van der Waals surface area (Å²) in [7, 11) is 0. The molecule has 3 aliphatic heterocycles. The number of rotatable bonds is 6. The van der Waals surface area contributed by atoms with E-state index in [1.165, 1.54) is 11.3 Å². The Balaban J connectivity index is 0.00000256. The van der Waals surface area contributed by atoms with Gasteiger partial charge in [0.2, 0.25) is 0 Å². The molecule has 2 unspecified atom stereocenters. The predicted molar refractivity (Wildman–Crippen MR) is 133 cm³/mol. The van der Waals surface area contributed by atoms with Crippen LogP contribution in [0.4, 0.5) is 0 Å². The van der Waals surface area contributed by atoms with E-state index in [1.54, 1.807) is 0 Å². The van der Waals surface area contributed by atoms with Gasteiger partial charge in [0.1, 0.15) is 0 Å². The summed E-state index contributed by atoms with van der Waals surface area (Å²) in [5, 5.41) is 5.72. The zero-order valence-corrected chi connectivity index (χ0v) is 21.1. The number of hydrogen-bond acceptors (Lipinski definition) is 6. The topological polar surface area (TPSA) is 52.6 Å².